The summed E-state index contributed by atoms with van der Waals surface area (Å²) in [6.07, 6.45) is -8.08. The number of rotatable bonds is 9. The van der Waals surface area contributed by atoms with Crippen LogP contribution in [0.2, 0.25) is 0 Å². The molecule has 0 heterocycles. The van der Waals surface area contributed by atoms with E-state index >= 15 is 0 Å². The predicted octanol–water partition coefficient (Wildman–Crippen LogP) is 6.11. The molecule has 0 bridgehead atoms. The third-order valence-corrected chi connectivity index (χ3v) is 4.71. The van der Waals surface area contributed by atoms with Crippen molar-refractivity contribution in [2.45, 2.75) is 58.8 Å². The summed E-state index contributed by atoms with van der Waals surface area (Å²) in [4.78, 5) is 0. The second-order valence-corrected chi connectivity index (χ2v) is 7.55. The molecule has 0 unspecified atom stereocenters. The predicted molar refractivity (Wildman–Crippen MR) is 62.1 cm³/mol. The van der Waals surface area contributed by atoms with Crippen LogP contribution in [0.3, 0.4) is 0 Å². The molecule has 0 amide bonds. The summed E-state index contributed by atoms with van der Waals surface area (Å²) in [6, 6.07) is 0. The number of hydrogen-bond acceptors (Lipinski definition) is 2. The van der Waals surface area contributed by atoms with Crippen molar-refractivity contribution in [1.29, 1.82) is 0 Å². The third kappa shape index (κ3) is 3.84. The van der Waals surface area contributed by atoms with Gasteiger partial charge in [0.15, 0.2) is 0 Å². The molecule has 0 rings (SSSR count). The first-order chi connectivity index (χ1) is 14.5. The van der Waals surface area contributed by atoms with Gasteiger partial charge in [-0.1, -0.05) is 0 Å². The second kappa shape index (κ2) is 7.72. The normalized spacial score (nSPS) is 17.1. The SMILES string of the molecule is O=S(=O)(O)[13C](F)(F)C(F)(F)C(F)(F)C(F)(F)C(F)(F)C(F)(F)C(F)(F)C(F)(F)C(F)(F)C(F)(F)F. The van der Waals surface area contributed by atoms with Crippen LogP contribution in [0.1, 0.15) is 0 Å². The Morgan fingerprint density at radius 2 is 0.514 bits per heavy atom. The molecule has 212 valence electrons. The molecule has 0 fully saturated rings. The van der Waals surface area contributed by atoms with Crippen LogP contribution in [0, 0.1) is 0 Å². The zero-order valence-electron chi connectivity index (χ0n) is 14.6. The largest absolute Gasteiger partial charge is 0.460 e. The van der Waals surface area contributed by atoms with E-state index in [4.69, 9.17) is 4.55 Å². The van der Waals surface area contributed by atoms with Gasteiger partial charge in [-0.3, -0.25) is 4.55 Å². The van der Waals surface area contributed by atoms with Gasteiger partial charge in [0.05, 0.1) is 0 Å². The van der Waals surface area contributed by atoms with Gasteiger partial charge in [0, 0.05) is 0 Å². The maximum absolute atomic E-state index is 13.3. The summed E-state index contributed by atoms with van der Waals surface area (Å²) in [6.45, 7) is 0. The Hall–Kier alpha value is -1.56. The van der Waals surface area contributed by atoms with Crippen molar-refractivity contribution in [2.24, 2.45) is 0 Å². The Bertz CT molecular complexity index is 912. The fraction of sp³-hybridized carbons (Fsp3) is 1.00. The number of halogens is 21. The molecule has 1 N–H and O–H groups in total. The van der Waals surface area contributed by atoms with Crippen molar-refractivity contribution >= 4 is 10.1 Å². The maximum Gasteiger partial charge on any atom is 0.460 e. The molecule has 0 atom stereocenters. The van der Waals surface area contributed by atoms with Gasteiger partial charge >= 0.3 is 68.9 Å². The van der Waals surface area contributed by atoms with Gasteiger partial charge in [-0.2, -0.15) is 101 Å². The Morgan fingerprint density at radius 3 is 0.686 bits per heavy atom. The molecule has 0 saturated carbocycles. The van der Waals surface area contributed by atoms with Crippen molar-refractivity contribution in [3.05, 3.63) is 0 Å². The summed E-state index contributed by atoms with van der Waals surface area (Å²) < 4.78 is 298. The first kappa shape index (κ1) is 33.4. The van der Waals surface area contributed by atoms with Crippen LogP contribution in [-0.4, -0.2) is 71.8 Å². The van der Waals surface area contributed by atoms with Gasteiger partial charge < -0.3 is 0 Å². The number of alkyl halides is 21. The highest BCUT2D eigenvalue weighted by molar-refractivity contribution is 7.87. The lowest BCUT2D eigenvalue weighted by Crippen LogP contribution is -2.77. The molecule has 0 aliphatic heterocycles. The van der Waals surface area contributed by atoms with E-state index in [9.17, 15) is 101 Å². The molecule has 35 heavy (non-hydrogen) atoms. The van der Waals surface area contributed by atoms with Gasteiger partial charge in [-0.15, -0.1) is 0 Å². The van der Waals surface area contributed by atoms with Crippen molar-refractivity contribution in [3.8, 4) is 0 Å². The molecule has 0 aromatic heterocycles. The van der Waals surface area contributed by atoms with Gasteiger partial charge in [0.1, 0.15) is 0 Å². The molecular weight excluding hydrogens is 600 g/mol. The Kier molecular flexibility index (Phi) is 7.38. The second-order valence-electron chi connectivity index (χ2n) is 6.08. The lowest BCUT2D eigenvalue weighted by atomic mass is 9.88. The van der Waals surface area contributed by atoms with Crippen molar-refractivity contribution in [2.75, 3.05) is 0 Å². The zero-order chi connectivity index (χ0) is 29.5. The van der Waals surface area contributed by atoms with Crippen LogP contribution in [-0.2, 0) is 10.1 Å². The van der Waals surface area contributed by atoms with Crippen LogP contribution >= 0.6 is 0 Å². The van der Waals surface area contributed by atoms with Crippen LogP contribution < -0.4 is 0 Å². The summed E-state index contributed by atoms with van der Waals surface area (Å²) in [5, 5.41) is -8.06. The van der Waals surface area contributed by atoms with E-state index in [1.807, 2.05) is 0 Å². The van der Waals surface area contributed by atoms with E-state index in [-0.39, 0.29) is 0 Å². The lowest BCUT2D eigenvalue weighted by Gasteiger charge is -2.44. The maximum atomic E-state index is 13.3. The summed E-state index contributed by atoms with van der Waals surface area (Å²) in [7, 11) is -8.09. The van der Waals surface area contributed by atoms with Gasteiger partial charge in [0.2, 0.25) is 0 Å². The van der Waals surface area contributed by atoms with Gasteiger partial charge in [-0.25, -0.2) is 0 Å². The van der Waals surface area contributed by atoms with E-state index in [0.717, 1.165) is 0 Å². The van der Waals surface area contributed by atoms with E-state index in [1.54, 1.807) is 0 Å². The molecule has 25 heteroatoms. The first-order valence-corrected chi connectivity index (χ1v) is 8.38. The fourth-order valence-electron chi connectivity index (χ4n) is 1.71. The molecule has 0 aliphatic carbocycles. The van der Waals surface area contributed by atoms with Gasteiger partial charge in [-0.05, 0) is 0 Å². The smallest absolute Gasteiger partial charge is 0.281 e. The third-order valence-electron chi connectivity index (χ3n) is 3.81. The van der Waals surface area contributed by atoms with Crippen molar-refractivity contribution in [1.82, 2.24) is 0 Å². The fourth-order valence-corrected chi connectivity index (χ4v) is 2.16. The van der Waals surface area contributed by atoms with E-state index in [2.05, 4.69) is 0 Å². The molecule has 0 aromatic carbocycles. The topological polar surface area (TPSA) is 54.4 Å². The average molecular weight is 601 g/mol. The lowest BCUT2D eigenvalue weighted by molar-refractivity contribution is -0.472. The minimum Gasteiger partial charge on any atom is -0.281 e. The van der Waals surface area contributed by atoms with Crippen molar-refractivity contribution < 1.29 is 105 Å². The molecule has 0 aromatic rings. The van der Waals surface area contributed by atoms with Gasteiger partial charge in [0.25, 0.3) is 0 Å². The molecule has 0 radical (unpaired) electrons. The molecule has 0 aliphatic rings. The number of hydrogen-bond donors (Lipinski definition) is 1. The summed E-state index contributed by atoms with van der Waals surface area (Å²) in [5.74, 6) is -72.6. The van der Waals surface area contributed by atoms with Crippen LogP contribution in [0.4, 0.5) is 92.2 Å². The highest BCUT2D eigenvalue weighted by Crippen LogP contribution is 2.66. The first-order valence-electron chi connectivity index (χ1n) is 6.94. The standard InChI is InChI=1S/C10HF21O3S/c11-1(12,3(15,16)5(19,20)7(23,24)9(27,28)29)2(13,14)4(17,18)6(21,22)8(25,26)10(30,31)35(32,33)34/h(H,32,33,34)/i10+1. The van der Waals surface area contributed by atoms with Crippen molar-refractivity contribution in [3.63, 3.8) is 0 Å². The minimum atomic E-state index is -9.38. The highest BCUT2D eigenvalue weighted by atomic mass is 32.2. The molecular formula is C10HF21O3S. The average Bonchev–Trinajstić information content (AvgIpc) is 2.58. The molecule has 0 saturated heterocycles. The van der Waals surface area contributed by atoms with Crippen LogP contribution in [0.15, 0.2) is 0 Å². The molecule has 0 spiro atoms. The quantitative estimate of drug-likeness (QED) is 0.197. The Balaban J connectivity index is 7.21. The van der Waals surface area contributed by atoms with Crippen LogP contribution in [0.5, 0.6) is 0 Å². The zero-order valence-corrected chi connectivity index (χ0v) is 15.4. The minimum absolute atomic E-state index is 7.69. The van der Waals surface area contributed by atoms with E-state index in [0.29, 0.717) is 0 Å². The summed E-state index contributed by atoms with van der Waals surface area (Å²) in [5.41, 5.74) is 0. The van der Waals surface area contributed by atoms with Crippen LogP contribution in [0.25, 0.3) is 0 Å². The highest BCUT2D eigenvalue weighted by Gasteiger charge is 2.98. The monoisotopic (exact) mass is 601 g/mol. The summed E-state index contributed by atoms with van der Waals surface area (Å²) >= 11 is 0. The Morgan fingerprint density at radius 1 is 0.343 bits per heavy atom. The molecule has 3 nitrogen and oxygen atoms in total. The van der Waals surface area contributed by atoms with E-state index in [1.165, 1.54) is 0 Å². The van der Waals surface area contributed by atoms with E-state index < -0.39 is 68.9 Å². The Labute approximate surface area is 175 Å².